The summed E-state index contributed by atoms with van der Waals surface area (Å²) in [6, 6.07) is 11.9. The number of ether oxygens (including phenoxy) is 2. The molecule has 2 aromatic carbocycles. The van der Waals surface area contributed by atoms with Gasteiger partial charge in [-0.25, -0.2) is 0 Å². The van der Waals surface area contributed by atoms with Gasteiger partial charge in [-0.3, -0.25) is 4.79 Å². The predicted molar refractivity (Wildman–Crippen MR) is 114 cm³/mol. The summed E-state index contributed by atoms with van der Waals surface area (Å²) >= 11 is 4.90. The fourth-order valence-electron chi connectivity index (χ4n) is 2.76. The van der Waals surface area contributed by atoms with E-state index in [1.54, 1.807) is 14.2 Å². The molecule has 1 aliphatic heterocycles. The normalized spacial score (nSPS) is 17.7. The summed E-state index contributed by atoms with van der Waals surface area (Å²) in [5.41, 5.74) is 2.79. The Morgan fingerprint density at radius 3 is 2.59 bits per heavy atom. The quantitative estimate of drug-likeness (QED) is 0.630. The van der Waals surface area contributed by atoms with Gasteiger partial charge in [-0.2, -0.15) is 0 Å². The van der Waals surface area contributed by atoms with Gasteiger partial charge in [0.25, 0.3) is 5.91 Å². The van der Waals surface area contributed by atoms with Crippen LogP contribution in [0.5, 0.6) is 11.5 Å². The second-order valence-corrected chi connectivity index (χ2v) is 7.97. The minimum absolute atomic E-state index is 0.122. The molecule has 142 valence electrons. The van der Waals surface area contributed by atoms with Crippen molar-refractivity contribution < 1.29 is 14.3 Å². The molecule has 5 nitrogen and oxygen atoms in total. The van der Waals surface area contributed by atoms with Gasteiger partial charge >= 0.3 is 0 Å². The van der Waals surface area contributed by atoms with E-state index >= 15 is 0 Å². The van der Waals surface area contributed by atoms with Crippen LogP contribution in [-0.4, -0.2) is 25.6 Å². The molecule has 0 aromatic heterocycles. The average molecular weight is 449 g/mol. The number of carbonyl (C=O) groups is 1. The summed E-state index contributed by atoms with van der Waals surface area (Å²) in [4.78, 5) is 13.0. The van der Waals surface area contributed by atoms with Crippen LogP contribution in [0.25, 0.3) is 6.08 Å². The van der Waals surface area contributed by atoms with E-state index in [4.69, 9.17) is 9.47 Å². The highest BCUT2D eigenvalue weighted by atomic mass is 79.9. The van der Waals surface area contributed by atoms with Crippen molar-refractivity contribution in [2.24, 2.45) is 0 Å². The topological polar surface area (TPSA) is 59.6 Å². The number of thioether (sulfide) groups is 1. The number of aryl methyl sites for hydroxylation is 1. The second kappa shape index (κ2) is 8.71. The first-order valence-corrected chi connectivity index (χ1v) is 10.2. The number of hydrogen-bond acceptors (Lipinski definition) is 5. The average Bonchev–Trinajstić information content (AvgIpc) is 3.00. The van der Waals surface area contributed by atoms with Crippen LogP contribution in [-0.2, 0) is 11.2 Å². The third-order valence-electron chi connectivity index (χ3n) is 4.15. The fraction of sp³-hybridized carbons (Fsp3) is 0.250. The lowest BCUT2D eigenvalue weighted by molar-refractivity contribution is -0.116. The van der Waals surface area contributed by atoms with Gasteiger partial charge in [0, 0.05) is 15.7 Å². The van der Waals surface area contributed by atoms with Crippen LogP contribution in [0.4, 0.5) is 5.69 Å². The van der Waals surface area contributed by atoms with E-state index in [9.17, 15) is 4.79 Å². The van der Waals surface area contributed by atoms with E-state index in [0.717, 1.165) is 22.1 Å². The maximum atomic E-state index is 12.4. The summed E-state index contributed by atoms with van der Waals surface area (Å²) < 4.78 is 11.7. The highest BCUT2D eigenvalue weighted by molar-refractivity contribution is 9.10. The summed E-state index contributed by atoms with van der Waals surface area (Å²) in [7, 11) is 3.17. The zero-order chi connectivity index (χ0) is 19.4. The van der Waals surface area contributed by atoms with Gasteiger partial charge in [-0.15, -0.1) is 0 Å². The number of halogens is 1. The highest BCUT2D eigenvalue weighted by Gasteiger charge is 2.27. The van der Waals surface area contributed by atoms with E-state index in [0.29, 0.717) is 16.4 Å². The van der Waals surface area contributed by atoms with Crippen molar-refractivity contribution in [1.82, 2.24) is 5.32 Å². The van der Waals surface area contributed by atoms with Crippen molar-refractivity contribution in [3.8, 4) is 11.5 Å². The number of methoxy groups -OCH3 is 2. The first kappa shape index (κ1) is 19.6. The van der Waals surface area contributed by atoms with Crippen LogP contribution in [0.3, 0.4) is 0 Å². The van der Waals surface area contributed by atoms with E-state index < -0.39 is 0 Å². The van der Waals surface area contributed by atoms with Gasteiger partial charge in [-0.1, -0.05) is 46.7 Å². The van der Waals surface area contributed by atoms with Gasteiger partial charge in [0.2, 0.25) is 0 Å². The molecule has 1 heterocycles. The van der Waals surface area contributed by atoms with Crippen molar-refractivity contribution in [2.75, 3.05) is 19.5 Å². The van der Waals surface area contributed by atoms with Crippen molar-refractivity contribution in [1.29, 1.82) is 0 Å². The van der Waals surface area contributed by atoms with Crippen LogP contribution in [0.1, 0.15) is 18.1 Å². The lowest BCUT2D eigenvalue weighted by Gasteiger charge is -2.13. The minimum Gasteiger partial charge on any atom is -0.493 e. The van der Waals surface area contributed by atoms with Crippen LogP contribution >= 0.6 is 27.7 Å². The molecule has 1 amide bonds. The number of rotatable bonds is 6. The third-order valence-corrected chi connectivity index (χ3v) is 5.64. The standard InChI is InChI=1S/C20H21BrN2O3S/c1-4-12-5-7-15(8-6-12)22-20-23-19(24)17(27-20)10-13-9-14(21)11-16(25-2)18(13)26-3/h5-11,20,22H,4H2,1-3H3,(H,23,24)/b17-10-/t20-/m1/s1. The highest BCUT2D eigenvalue weighted by Crippen LogP contribution is 2.38. The van der Waals surface area contributed by atoms with Gasteiger partial charge in [0.05, 0.1) is 19.1 Å². The third kappa shape index (κ3) is 4.59. The first-order chi connectivity index (χ1) is 13.0. The lowest BCUT2D eigenvalue weighted by atomic mass is 10.1. The van der Waals surface area contributed by atoms with Crippen LogP contribution < -0.4 is 20.1 Å². The number of anilines is 1. The molecule has 2 N–H and O–H groups in total. The molecule has 0 bridgehead atoms. The number of carbonyl (C=O) groups excluding carboxylic acids is 1. The van der Waals surface area contributed by atoms with Crippen LogP contribution in [0.15, 0.2) is 45.8 Å². The lowest BCUT2D eigenvalue weighted by Crippen LogP contribution is -2.30. The SMILES string of the molecule is CCc1ccc(N[C@@H]2NC(=O)/C(=C/c3cc(Br)cc(OC)c3OC)S2)cc1. The molecule has 2 aromatic rings. The molecular weight excluding hydrogens is 428 g/mol. The Labute approximate surface area is 171 Å². The Balaban J connectivity index is 1.80. The minimum atomic E-state index is -0.226. The predicted octanol–water partition coefficient (Wildman–Crippen LogP) is 4.63. The van der Waals surface area contributed by atoms with Crippen molar-refractivity contribution in [3.05, 3.63) is 56.9 Å². The van der Waals surface area contributed by atoms with Gasteiger partial charge < -0.3 is 20.1 Å². The Bertz CT molecular complexity index is 868. The molecule has 0 saturated carbocycles. The molecule has 0 aliphatic carbocycles. The Kier molecular flexibility index (Phi) is 6.34. The van der Waals surface area contributed by atoms with Crippen LogP contribution in [0, 0.1) is 0 Å². The van der Waals surface area contributed by atoms with Gasteiger partial charge in [0.1, 0.15) is 0 Å². The first-order valence-electron chi connectivity index (χ1n) is 8.50. The molecule has 3 rings (SSSR count). The van der Waals surface area contributed by atoms with E-state index in [1.807, 2.05) is 30.3 Å². The smallest absolute Gasteiger partial charge is 0.260 e. The summed E-state index contributed by atoms with van der Waals surface area (Å²) in [5.74, 6) is 1.07. The largest absolute Gasteiger partial charge is 0.493 e. The molecule has 1 saturated heterocycles. The fourth-order valence-corrected chi connectivity index (χ4v) is 4.19. The molecule has 0 unspecified atom stereocenters. The summed E-state index contributed by atoms with van der Waals surface area (Å²) in [6.45, 7) is 2.12. The summed E-state index contributed by atoms with van der Waals surface area (Å²) in [5, 5.41) is 6.27. The number of hydrogen-bond donors (Lipinski definition) is 2. The second-order valence-electron chi connectivity index (χ2n) is 5.91. The van der Waals surface area contributed by atoms with Gasteiger partial charge in [-0.05, 0) is 42.3 Å². The van der Waals surface area contributed by atoms with Crippen molar-refractivity contribution in [2.45, 2.75) is 18.8 Å². The Morgan fingerprint density at radius 1 is 1.22 bits per heavy atom. The van der Waals surface area contributed by atoms with E-state index in [1.165, 1.54) is 17.3 Å². The molecule has 0 radical (unpaired) electrons. The van der Waals surface area contributed by atoms with Crippen molar-refractivity contribution >= 4 is 45.4 Å². The molecule has 27 heavy (non-hydrogen) atoms. The molecule has 1 fully saturated rings. The van der Waals surface area contributed by atoms with E-state index in [-0.39, 0.29) is 11.4 Å². The zero-order valence-electron chi connectivity index (χ0n) is 15.3. The zero-order valence-corrected chi connectivity index (χ0v) is 17.7. The molecular formula is C20H21BrN2O3S. The number of nitrogens with one attached hydrogen (secondary N) is 2. The number of benzene rings is 2. The van der Waals surface area contributed by atoms with E-state index in [2.05, 4.69) is 45.6 Å². The monoisotopic (exact) mass is 448 g/mol. The van der Waals surface area contributed by atoms with Gasteiger partial charge in [0.15, 0.2) is 17.0 Å². The molecule has 1 atom stereocenters. The van der Waals surface area contributed by atoms with Crippen LogP contribution in [0.2, 0.25) is 0 Å². The van der Waals surface area contributed by atoms with Crippen molar-refractivity contribution in [3.63, 3.8) is 0 Å². The molecule has 7 heteroatoms. The maximum absolute atomic E-state index is 12.4. The maximum Gasteiger partial charge on any atom is 0.260 e. The Hall–Kier alpha value is -2.12. The molecule has 0 spiro atoms. The number of amides is 1. The Morgan fingerprint density at radius 2 is 1.96 bits per heavy atom. The summed E-state index contributed by atoms with van der Waals surface area (Å²) in [6.07, 6.45) is 2.81. The molecule has 1 aliphatic rings.